The number of halogens is 1. The van der Waals surface area contributed by atoms with Gasteiger partial charge in [-0.1, -0.05) is 22.9 Å². The number of rotatable bonds is 3. The second-order valence-corrected chi connectivity index (χ2v) is 8.39. The zero-order valence-corrected chi connectivity index (χ0v) is 15.1. The van der Waals surface area contributed by atoms with Gasteiger partial charge in [0.1, 0.15) is 0 Å². The molecule has 2 aliphatic rings. The maximum atomic E-state index is 12.8. The van der Waals surface area contributed by atoms with Crippen LogP contribution in [0, 0.1) is 5.92 Å². The summed E-state index contributed by atoms with van der Waals surface area (Å²) in [5.74, 6) is 1.13. The normalized spacial score (nSPS) is 32.5. The molecule has 0 aromatic carbocycles. The van der Waals surface area contributed by atoms with Crippen molar-refractivity contribution in [2.75, 3.05) is 5.33 Å². The topological polar surface area (TPSA) is 29.1 Å². The van der Waals surface area contributed by atoms with Crippen LogP contribution < -0.4 is 5.32 Å². The molecule has 1 aromatic rings. The minimum Gasteiger partial charge on any atom is -0.349 e. The summed E-state index contributed by atoms with van der Waals surface area (Å²) in [6.45, 7) is 2.32. The van der Waals surface area contributed by atoms with Crippen LogP contribution in [0.25, 0.3) is 0 Å². The maximum absolute atomic E-state index is 12.8. The molecule has 1 fully saturated rings. The molecule has 1 atom stereocenters. The molecule has 3 rings (SSSR count). The smallest absolute Gasteiger partial charge is 0.228 e. The predicted octanol–water partition coefficient (Wildman–Crippen LogP) is 4.63. The number of hydrogen-bond acceptors (Lipinski definition) is 2. The van der Waals surface area contributed by atoms with Crippen molar-refractivity contribution in [1.82, 2.24) is 5.32 Å². The number of amides is 1. The fourth-order valence-corrected chi connectivity index (χ4v) is 5.40. The molecule has 1 heterocycles. The number of hydrogen-bond donors (Lipinski definition) is 1. The van der Waals surface area contributed by atoms with Gasteiger partial charge in [0.2, 0.25) is 5.91 Å². The van der Waals surface area contributed by atoms with Crippen LogP contribution in [-0.4, -0.2) is 16.8 Å². The lowest BCUT2D eigenvalue weighted by Crippen LogP contribution is -2.53. The summed E-state index contributed by atoms with van der Waals surface area (Å²) in [7, 11) is 0. The number of fused-ring (bicyclic) bond motifs is 1. The lowest BCUT2D eigenvalue weighted by atomic mass is 9.77. The van der Waals surface area contributed by atoms with Crippen molar-refractivity contribution >= 4 is 33.2 Å². The SMILES string of the molecule is CC1CCC(CBr)(NC(=O)C2CCCc3sccc32)CC1. The van der Waals surface area contributed by atoms with E-state index in [1.165, 1.54) is 23.3 Å². The highest BCUT2D eigenvalue weighted by atomic mass is 79.9. The zero-order valence-electron chi connectivity index (χ0n) is 12.7. The van der Waals surface area contributed by atoms with Gasteiger partial charge in [-0.3, -0.25) is 4.79 Å². The Hall–Kier alpha value is -0.350. The van der Waals surface area contributed by atoms with Gasteiger partial charge in [0.05, 0.1) is 5.92 Å². The monoisotopic (exact) mass is 369 g/mol. The molecular formula is C17H24BrNOS. The first-order chi connectivity index (χ1) is 10.1. The van der Waals surface area contributed by atoms with Crippen molar-refractivity contribution in [3.63, 3.8) is 0 Å². The molecule has 0 aliphatic heterocycles. The predicted molar refractivity (Wildman–Crippen MR) is 92.3 cm³/mol. The van der Waals surface area contributed by atoms with E-state index in [1.807, 2.05) is 11.3 Å². The van der Waals surface area contributed by atoms with Crippen LogP contribution in [0.1, 0.15) is 61.8 Å². The molecule has 1 saturated carbocycles. The van der Waals surface area contributed by atoms with E-state index < -0.39 is 0 Å². The van der Waals surface area contributed by atoms with E-state index in [4.69, 9.17) is 0 Å². The second-order valence-electron chi connectivity index (χ2n) is 6.83. The van der Waals surface area contributed by atoms with E-state index >= 15 is 0 Å². The zero-order chi connectivity index (χ0) is 14.9. The molecule has 1 N–H and O–H groups in total. The molecule has 0 saturated heterocycles. The van der Waals surface area contributed by atoms with Gasteiger partial charge in [0.25, 0.3) is 0 Å². The van der Waals surface area contributed by atoms with Crippen LogP contribution in [0.3, 0.4) is 0 Å². The van der Waals surface area contributed by atoms with Crippen molar-refractivity contribution in [2.24, 2.45) is 5.92 Å². The number of thiophene rings is 1. The lowest BCUT2D eigenvalue weighted by Gasteiger charge is -2.40. The van der Waals surface area contributed by atoms with Crippen molar-refractivity contribution in [3.05, 3.63) is 21.9 Å². The van der Waals surface area contributed by atoms with Gasteiger partial charge in [-0.2, -0.15) is 0 Å². The van der Waals surface area contributed by atoms with E-state index in [1.54, 1.807) is 0 Å². The van der Waals surface area contributed by atoms with Gasteiger partial charge in [0.15, 0.2) is 0 Å². The third-order valence-electron chi connectivity index (χ3n) is 5.24. The standard InChI is InChI=1S/C17H24BrNOS/c1-12-5-8-17(11-18,9-6-12)19-16(20)14-3-2-4-15-13(14)7-10-21-15/h7,10,12,14H,2-6,8-9,11H2,1H3,(H,19,20). The molecule has 4 heteroatoms. The highest BCUT2D eigenvalue weighted by molar-refractivity contribution is 9.09. The minimum absolute atomic E-state index is 0.0166. The van der Waals surface area contributed by atoms with Gasteiger partial charge in [-0.25, -0.2) is 0 Å². The Labute approximate surface area is 139 Å². The van der Waals surface area contributed by atoms with Crippen molar-refractivity contribution in [2.45, 2.75) is 63.3 Å². The molecular weight excluding hydrogens is 346 g/mol. The first kappa shape index (κ1) is 15.5. The van der Waals surface area contributed by atoms with Crippen LogP contribution in [0.4, 0.5) is 0 Å². The van der Waals surface area contributed by atoms with E-state index in [0.29, 0.717) is 0 Å². The lowest BCUT2D eigenvalue weighted by molar-refractivity contribution is -0.125. The Bertz CT molecular complexity index is 505. The van der Waals surface area contributed by atoms with Gasteiger partial charge >= 0.3 is 0 Å². The maximum Gasteiger partial charge on any atom is 0.228 e. The van der Waals surface area contributed by atoms with E-state index in [-0.39, 0.29) is 17.4 Å². The van der Waals surface area contributed by atoms with Crippen LogP contribution in [0.2, 0.25) is 0 Å². The van der Waals surface area contributed by atoms with Crippen LogP contribution in [0.15, 0.2) is 11.4 Å². The quantitative estimate of drug-likeness (QED) is 0.773. The molecule has 1 aromatic heterocycles. The van der Waals surface area contributed by atoms with Gasteiger partial charge in [-0.05, 0) is 67.9 Å². The van der Waals surface area contributed by atoms with E-state index in [9.17, 15) is 4.79 Å². The van der Waals surface area contributed by atoms with Crippen LogP contribution in [0.5, 0.6) is 0 Å². The highest BCUT2D eigenvalue weighted by Crippen LogP contribution is 2.37. The Morgan fingerprint density at radius 3 is 2.90 bits per heavy atom. The average Bonchev–Trinajstić information content (AvgIpc) is 2.98. The summed E-state index contributed by atoms with van der Waals surface area (Å²) < 4.78 is 0. The Kier molecular flexibility index (Phi) is 4.75. The Balaban J connectivity index is 1.72. The highest BCUT2D eigenvalue weighted by Gasteiger charge is 2.37. The molecule has 0 bridgehead atoms. The molecule has 2 nitrogen and oxygen atoms in total. The third-order valence-corrected chi connectivity index (χ3v) is 7.31. The van der Waals surface area contributed by atoms with Gasteiger partial charge in [0, 0.05) is 15.7 Å². The fourth-order valence-electron chi connectivity index (χ4n) is 3.71. The largest absolute Gasteiger partial charge is 0.349 e. The number of carbonyl (C=O) groups excluding carboxylic acids is 1. The van der Waals surface area contributed by atoms with E-state index in [0.717, 1.165) is 43.4 Å². The first-order valence-electron chi connectivity index (χ1n) is 8.08. The van der Waals surface area contributed by atoms with Crippen molar-refractivity contribution in [1.29, 1.82) is 0 Å². The van der Waals surface area contributed by atoms with Crippen molar-refractivity contribution < 1.29 is 4.79 Å². The molecule has 1 amide bonds. The summed E-state index contributed by atoms with van der Waals surface area (Å²) >= 11 is 5.46. The third kappa shape index (κ3) is 3.21. The average molecular weight is 370 g/mol. The van der Waals surface area contributed by atoms with Crippen LogP contribution >= 0.6 is 27.3 Å². The number of nitrogens with one attached hydrogen (secondary N) is 1. The molecule has 0 radical (unpaired) electrons. The summed E-state index contributed by atoms with van der Waals surface area (Å²) in [4.78, 5) is 14.3. The first-order valence-corrected chi connectivity index (χ1v) is 10.1. The van der Waals surface area contributed by atoms with Crippen molar-refractivity contribution in [3.8, 4) is 0 Å². The summed E-state index contributed by atoms with van der Waals surface area (Å²) in [6.07, 6.45) is 7.95. The molecule has 1 unspecified atom stereocenters. The van der Waals surface area contributed by atoms with Gasteiger partial charge in [-0.15, -0.1) is 11.3 Å². The molecule has 21 heavy (non-hydrogen) atoms. The number of alkyl halides is 1. The Morgan fingerprint density at radius 1 is 1.43 bits per heavy atom. The summed E-state index contributed by atoms with van der Waals surface area (Å²) in [5, 5.41) is 6.44. The molecule has 2 aliphatic carbocycles. The summed E-state index contributed by atoms with van der Waals surface area (Å²) in [6, 6.07) is 2.16. The second kappa shape index (κ2) is 6.41. The molecule has 0 spiro atoms. The minimum atomic E-state index is -0.0166. The fraction of sp³-hybridized carbons (Fsp3) is 0.706. The Morgan fingerprint density at radius 2 is 2.19 bits per heavy atom. The number of aryl methyl sites for hydroxylation is 1. The molecule has 116 valence electrons. The number of carbonyl (C=O) groups is 1. The van der Waals surface area contributed by atoms with E-state index in [2.05, 4.69) is 39.6 Å². The van der Waals surface area contributed by atoms with Crippen LogP contribution in [-0.2, 0) is 11.2 Å². The van der Waals surface area contributed by atoms with Gasteiger partial charge < -0.3 is 5.32 Å². The summed E-state index contributed by atoms with van der Waals surface area (Å²) in [5.41, 5.74) is 1.27.